The van der Waals surface area contributed by atoms with E-state index in [0.29, 0.717) is 5.82 Å². The summed E-state index contributed by atoms with van der Waals surface area (Å²) >= 11 is 1.95. The third-order valence-corrected chi connectivity index (χ3v) is 3.36. The Morgan fingerprint density at radius 1 is 1.54 bits per heavy atom. The normalized spacial score (nSPS) is 12.8. The lowest BCUT2D eigenvalue weighted by atomic mass is 10.3. The van der Waals surface area contributed by atoms with Crippen molar-refractivity contribution in [1.29, 1.82) is 0 Å². The van der Waals surface area contributed by atoms with E-state index in [1.807, 2.05) is 30.1 Å². The monoisotopic (exact) mass is 196 g/mol. The van der Waals surface area contributed by atoms with Gasteiger partial charge in [0.2, 0.25) is 0 Å². The minimum absolute atomic E-state index is 0.595. The van der Waals surface area contributed by atoms with Crippen LogP contribution in [0.4, 0.5) is 5.82 Å². The maximum absolute atomic E-state index is 5.49. The van der Waals surface area contributed by atoms with E-state index in [0.717, 1.165) is 11.0 Å². The molecule has 0 fully saturated rings. The summed E-state index contributed by atoms with van der Waals surface area (Å²) in [6.07, 6.45) is 3.07. The lowest BCUT2D eigenvalue weighted by Crippen LogP contribution is -1.95. The predicted octanol–water partition coefficient (Wildman–Crippen LogP) is 2.70. The van der Waals surface area contributed by atoms with E-state index >= 15 is 0 Å². The second kappa shape index (κ2) is 5.12. The molecule has 0 aliphatic heterocycles. The number of rotatable bonds is 4. The number of pyridine rings is 1. The van der Waals surface area contributed by atoms with Gasteiger partial charge in [0, 0.05) is 17.2 Å². The van der Waals surface area contributed by atoms with Gasteiger partial charge in [-0.3, -0.25) is 0 Å². The molecular formula is C10H16N2S. The standard InChI is InChI=1S/C10H16N2S/c1-3-8(2)13-7-9-4-5-10(11)12-6-9/h4-6,8H,3,7H2,1-2H3,(H2,11,12). The SMILES string of the molecule is CCC(C)SCc1ccc(N)nc1. The first-order valence-corrected chi connectivity index (χ1v) is 5.59. The average Bonchev–Trinajstić information content (AvgIpc) is 2.16. The third kappa shape index (κ3) is 3.68. The highest BCUT2D eigenvalue weighted by Gasteiger charge is 1.99. The molecule has 2 nitrogen and oxygen atoms in total. The number of hydrogen-bond donors (Lipinski definition) is 1. The zero-order valence-electron chi connectivity index (χ0n) is 8.16. The summed E-state index contributed by atoms with van der Waals surface area (Å²) in [5.74, 6) is 1.62. The Kier molecular flexibility index (Phi) is 4.09. The fourth-order valence-electron chi connectivity index (χ4n) is 0.878. The van der Waals surface area contributed by atoms with Gasteiger partial charge in [-0.1, -0.05) is 19.9 Å². The smallest absolute Gasteiger partial charge is 0.123 e. The Balaban J connectivity index is 2.41. The van der Waals surface area contributed by atoms with Crippen LogP contribution in [-0.4, -0.2) is 10.2 Å². The summed E-state index contributed by atoms with van der Waals surface area (Å²) in [6, 6.07) is 3.89. The maximum atomic E-state index is 5.49. The van der Waals surface area contributed by atoms with Crippen LogP contribution in [0, 0.1) is 0 Å². The number of nitrogens with two attached hydrogens (primary N) is 1. The first-order valence-electron chi connectivity index (χ1n) is 4.54. The van der Waals surface area contributed by atoms with Crippen molar-refractivity contribution in [3.63, 3.8) is 0 Å². The van der Waals surface area contributed by atoms with Crippen LogP contribution in [0.5, 0.6) is 0 Å². The Hall–Kier alpha value is -0.700. The number of nitrogens with zero attached hydrogens (tertiary/aromatic N) is 1. The van der Waals surface area contributed by atoms with Crippen molar-refractivity contribution in [2.45, 2.75) is 31.3 Å². The molecule has 0 saturated heterocycles. The van der Waals surface area contributed by atoms with Crippen molar-refractivity contribution in [1.82, 2.24) is 4.98 Å². The van der Waals surface area contributed by atoms with Gasteiger partial charge < -0.3 is 5.73 Å². The maximum Gasteiger partial charge on any atom is 0.123 e. The highest BCUT2D eigenvalue weighted by Crippen LogP contribution is 2.19. The first kappa shape index (κ1) is 10.4. The highest BCUT2D eigenvalue weighted by atomic mass is 32.2. The minimum atomic E-state index is 0.595. The molecule has 0 bridgehead atoms. The molecule has 72 valence electrons. The number of hydrogen-bond acceptors (Lipinski definition) is 3. The minimum Gasteiger partial charge on any atom is -0.384 e. The molecule has 13 heavy (non-hydrogen) atoms. The Morgan fingerprint density at radius 3 is 2.85 bits per heavy atom. The zero-order valence-corrected chi connectivity index (χ0v) is 8.97. The van der Waals surface area contributed by atoms with Crippen molar-refractivity contribution in [3.8, 4) is 0 Å². The molecule has 1 unspecified atom stereocenters. The lowest BCUT2D eigenvalue weighted by molar-refractivity contribution is 0.905. The second-order valence-electron chi connectivity index (χ2n) is 3.12. The Bertz CT molecular complexity index is 246. The number of nitrogen functional groups attached to an aromatic ring is 1. The van der Waals surface area contributed by atoms with Crippen LogP contribution in [0.1, 0.15) is 25.8 Å². The van der Waals surface area contributed by atoms with Crippen molar-refractivity contribution < 1.29 is 0 Å². The van der Waals surface area contributed by atoms with E-state index in [9.17, 15) is 0 Å². The molecule has 0 saturated carbocycles. The quantitative estimate of drug-likeness (QED) is 0.804. The van der Waals surface area contributed by atoms with Gasteiger partial charge in [-0.25, -0.2) is 4.98 Å². The van der Waals surface area contributed by atoms with E-state index in [4.69, 9.17) is 5.73 Å². The average molecular weight is 196 g/mol. The van der Waals surface area contributed by atoms with Crippen LogP contribution in [0.2, 0.25) is 0 Å². The van der Waals surface area contributed by atoms with Crippen LogP contribution < -0.4 is 5.73 Å². The highest BCUT2D eigenvalue weighted by molar-refractivity contribution is 7.99. The van der Waals surface area contributed by atoms with Gasteiger partial charge in [-0.2, -0.15) is 11.8 Å². The van der Waals surface area contributed by atoms with Crippen molar-refractivity contribution >= 4 is 17.6 Å². The Labute approximate surface area is 83.9 Å². The van der Waals surface area contributed by atoms with Gasteiger partial charge in [0.15, 0.2) is 0 Å². The van der Waals surface area contributed by atoms with Crippen molar-refractivity contribution in [2.75, 3.05) is 5.73 Å². The lowest BCUT2D eigenvalue weighted by Gasteiger charge is -2.07. The van der Waals surface area contributed by atoms with E-state index in [2.05, 4.69) is 18.8 Å². The molecule has 0 aromatic carbocycles. The molecule has 0 radical (unpaired) electrons. The van der Waals surface area contributed by atoms with Gasteiger partial charge in [-0.05, 0) is 18.1 Å². The zero-order chi connectivity index (χ0) is 9.68. The van der Waals surface area contributed by atoms with Crippen molar-refractivity contribution in [2.24, 2.45) is 0 Å². The van der Waals surface area contributed by atoms with E-state index in [-0.39, 0.29) is 0 Å². The molecule has 0 aliphatic carbocycles. The van der Waals surface area contributed by atoms with Gasteiger partial charge >= 0.3 is 0 Å². The van der Waals surface area contributed by atoms with Crippen LogP contribution in [0.15, 0.2) is 18.3 Å². The summed E-state index contributed by atoms with van der Waals surface area (Å²) in [6.45, 7) is 4.45. The summed E-state index contributed by atoms with van der Waals surface area (Å²) in [5, 5.41) is 0.720. The molecule has 0 spiro atoms. The molecule has 1 heterocycles. The summed E-state index contributed by atoms with van der Waals surface area (Å²) < 4.78 is 0. The fourth-order valence-corrected chi connectivity index (χ4v) is 1.76. The number of aromatic nitrogens is 1. The molecular weight excluding hydrogens is 180 g/mol. The summed E-state index contributed by atoms with van der Waals surface area (Å²) in [7, 11) is 0. The fraction of sp³-hybridized carbons (Fsp3) is 0.500. The molecule has 0 aliphatic rings. The van der Waals surface area contributed by atoms with Gasteiger partial charge in [0.1, 0.15) is 5.82 Å². The number of anilines is 1. The van der Waals surface area contributed by atoms with Crippen molar-refractivity contribution in [3.05, 3.63) is 23.9 Å². The molecule has 0 amide bonds. The van der Waals surface area contributed by atoms with Crippen LogP contribution >= 0.6 is 11.8 Å². The van der Waals surface area contributed by atoms with Gasteiger partial charge in [0.05, 0.1) is 0 Å². The molecule has 3 heteroatoms. The summed E-state index contributed by atoms with van der Waals surface area (Å²) in [4.78, 5) is 4.05. The largest absolute Gasteiger partial charge is 0.384 e. The van der Waals surface area contributed by atoms with E-state index in [1.54, 1.807) is 0 Å². The van der Waals surface area contributed by atoms with Crippen LogP contribution in [-0.2, 0) is 5.75 Å². The first-order chi connectivity index (χ1) is 6.22. The van der Waals surface area contributed by atoms with E-state index < -0.39 is 0 Å². The van der Waals surface area contributed by atoms with Gasteiger partial charge in [-0.15, -0.1) is 0 Å². The predicted molar refractivity (Wildman–Crippen MR) is 59.7 cm³/mol. The summed E-state index contributed by atoms with van der Waals surface area (Å²) in [5.41, 5.74) is 6.74. The molecule has 1 atom stereocenters. The molecule has 1 aromatic rings. The topological polar surface area (TPSA) is 38.9 Å². The number of thioether (sulfide) groups is 1. The molecule has 1 rings (SSSR count). The van der Waals surface area contributed by atoms with E-state index in [1.165, 1.54) is 12.0 Å². The van der Waals surface area contributed by atoms with Crippen LogP contribution in [0.25, 0.3) is 0 Å². The Morgan fingerprint density at radius 2 is 2.31 bits per heavy atom. The molecule has 2 N–H and O–H groups in total. The van der Waals surface area contributed by atoms with Gasteiger partial charge in [0.25, 0.3) is 0 Å². The second-order valence-corrected chi connectivity index (χ2v) is 4.55. The molecule has 1 aromatic heterocycles. The van der Waals surface area contributed by atoms with Crippen LogP contribution in [0.3, 0.4) is 0 Å². The third-order valence-electron chi connectivity index (χ3n) is 1.96.